The Morgan fingerprint density at radius 2 is 1.70 bits per heavy atom. The molecule has 2 amide bonds. The van der Waals surface area contributed by atoms with E-state index in [9.17, 15) is 14.7 Å². The Kier molecular flexibility index (Phi) is 8.61. The van der Waals surface area contributed by atoms with E-state index in [1.165, 1.54) is 68.6 Å². The number of carbonyl (C=O) groups excluding carboxylic acids is 2. The van der Waals surface area contributed by atoms with Gasteiger partial charge in [-0.15, -0.1) is 0 Å². The van der Waals surface area contributed by atoms with Crippen LogP contribution in [0.1, 0.15) is 121 Å². The number of benzene rings is 1. The molecule has 0 aliphatic heterocycles. The zero-order chi connectivity index (χ0) is 29.5. The molecule has 0 radical (unpaired) electrons. The minimum atomic E-state index is -1.10. The maximum atomic E-state index is 13.6. The number of carbonyl (C=O) groups is 2. The Hall–Kier alpha value is -2.60. The van der Waals surface area contributed by atoms with Crippen LogP contribution >= 0.6 is 0 Å². The zero-order valence-electron chi connectivity index (χ0n) is 26.0. The van der Waals surface area contributed by atoms with Gasteiger partial charge in [-0.25, -0.2) is 0 Å². The summed E-state index contributed by atoms with van der Waals surface area (Å²) in [6.07, 6.45) is 7.70. The molecule has 2 fully saturated rings. The van der Waals surface area contributed by atoms with Crippen LogP contribution in [-0.4, -0.2) is 39.7 Å². The van der Waals surface area contributed by atoms with E-state index in [-0.39, 0.29) is 23.3 Å². The molecule has 220 valence electrons. The fraction of sp³-hybridized carbons (Fsp3) is 0.647. The first-order chi connectivity index (χ1) is 18.6. The van der Waals surface area contributed by atoms with Crippen LogP contribution in [0.4, 0.5) is 0 Å². The Morgan fingerprint density at radius 1 is 1.05 bits per heavy atom. The van der Waals surface area contributed by atoms with Crippen LogP contribution in [0.15, 0.2) is 24.3 Å². The van der Waals surface area contributed by atoms with Crippen molar-refractivity contribution in [2.24, 2.45) is 5.92 Å². The molecule has 0 saturated heterocycles. The first kappa shape index (κ1) is 30.4. The van der Waals surface area contributed by atoms with Gasteiger partial charge in [0.25, 0.3) is 5.91 Å². The van der Waals surface area contributed by atoms with E-state index in [2.05, 4.69) is 74.1 Å². The number of aliphatic hydroxyl groups excluding tert-OH is 1. The molecule has 40 heavy (non-hydrogen) atoms. The molecule has 2 saturated carbocycles. The van der Waals surface area contributed by atoms with Crippen molar-refractivity contribution in [2.45, 2.75) is 129 Å². The molecule has 1 heterocycles. The fourth-order valence-corrected chi connectivity index (χ4v) is 5.89. The maximum absolute atomic E-state index is 13.6. The van der Waals surface area contributed by atoms with E-state index < -0.39 is 17.6 Å². The van der Waals surface area contributed by atoms with Gasteiger partial charge in [0.15, 0.2) is 0 Å². The van der Waals surface area contributed by atoms with Crippen LogP contribution in [0.2, 0.25) is 0 Å². The molecule has 2 aliphatic rings. The third kappa shape index (κ3) is 6.99. The van der Waals surface area contributed by atoms with E-state index in [0.29, 0.717) is 11.5 Å². The Balaban J connectivity index is 1.71. The van der Waals surface area contributed by atoms with Gasteiger partial charge in [0, 0.05) is 24.5 Å². The predicted molar refractivity (Wildman–Crippen MR) is 163 cm³/mol. The van der Waals surface area contributed by atoms with Crippen molar-refractivity contribution >= 4 is 11.8 Å². The number of nitrogens with zero attached hydrogens (tertiary/aromatic N) is 1. The molecule has 6 nitrogen and oxygen atoms in total. The number of aliphatic hydroxyl groups is 1. The molecule has 1 unspecified atom stereocenters. The maximum Gasteiger partial charge on any atom is 0.253 e. The van der Waals surface area contributed by atoms with Gasteiger partial charge in [0.05, 0.1) is 11.1 Å². The lowest BCUT2D eigenvalue weighted by Crippen LogP contribution is -2.53. The van der Waals surface area contributed by atoms with Crippen molar-refractivity contribution in [1.82, 2.24) is 15.2 Å². The molecule has 1 aromatic heterocycles. The Bertz CT molecular complexity index is 1210. The minimum Gasteiger partial charge on any atom is -0.384 e. The normalized spacial score (nSPS) is 18.3. The van der Waals surface area contributed by atoms with E-state index >= 15 is 0 Å². The summed E-state index contributed by atoms with van der Waals surface area (Å²) in [6, 6.07) is 9.17. The van der Waals surface area contributed by atoms with Crippen LogP contribution < -0.4 is 10.6 Å². The lowest BCUT2D eigenvalue weighted by Gasteiger charge is -2.27. The van der Waals surface area contributed by atoms with E-state index in [1.54, 1.807) is 0 Å². The topological polar surface area (TPSA) is 83.4 Å². The van der Waals surface area contributed by atoms with E-state index in [1.807, 2.05) is 13.8 Å². The molecule has 0 spiro atoms. The SMILES string of the molecule is Cc1c(C(=O)NCC(C)(C)NC(=O)C(C)O)cc(-c2cc(C(C)(C)C)cc(C3(C)CC3)c2)n1CC1CCCCC1. The van der Waals surface area contributed by atoms with Crippen molar-refractivity contribution in [3.05, 3.63) is 46.6 Å². The number of hydrogen-bond acceptors (Lipinski definition) is 3. The zero-order valence-corrected chi connectivity index (χ0v) is 26.0. The minimum absolute atomic E-state index is 0.0220. The molecule has 2 aliphatic carbocycles. The van der Waals surface area contributed by atoms with Gasteiger partial charge >= 0.3 is 0 Å². The summed E-state index contributed by atoms with van der Waals surface area (Å²) in [7, 11) is 0. The van der Waals surface area contributed by atoms with Gasteiger partial charge in [-0.1, -0.05) is 53.0 Å². The van der Waals surface area contributed by atoms with Gasteiger partial charge in [-0.05, 0) is 105 Å². The number of nitrogens with one attached hydrogen (secondary N) is 2. The third-order valence-electron chi connectivity index (χ3n) is 9.10. The van der Waals surface area contributed by atoms with Gasteiger partial charge in [0.1, 0.15) is 6.10 Å². The van der Waals surface area contributed by atoms with Gasteiger partial charge in [-0.3, -0.25) is 9.59 Å². The monoisotopic (exact) mass is 549 g/mol. The molecule has 6 heteroatoms. The van der Waals surface area contributed by atoms with Crippen molar-refractivity contribution in [2.75, 3.05) is 6.54 Å². The first-order valence-electron chi connectivity index (χ1n) is 15.2. The molecule has 3 N–H and O–H groups in total. The van der Waals surface area contributed by atoms with E-state index in [4.69, 9.17) is 0 Å². The average molecular weight is 550 g/mol. The van der Waals surface area contributed by atoms with Crippen LogP contribution in [-0.2, 0) is 22.2 Å². The largest absolute Gasteiger partial charge is 0.384 e. The quantitative estimate of drug-likeness (QED) is 0.339. The summed E-state index contributed by atoms with van der Waals surface area (Å²) in [4.78, 5) is 25.6. The van der Waals surface area contributed by atoms with Crippen LogP contribution in [0, 0.1) is 12.8 Å². The van der Waals surface area contributed by atoms with Gasteiger partial charge in [0.2, 0.25) is 5.91 Å². The van der Waals surface area contributed by atoms with Crippen LogP contribution in [0.3, 0.4) is 0 Å². The fourth-order valence-electron chi connectivity index (χ4n) is 5.89. The van der Waals surface area contributed by atoms with Gasteiger partial charge < -0.3 is 20.3 Å². The first-order valence-corrected chi connectivity index (χ1v) is 15.2. The Labute approximate surface area is 241 Å². The van der Waals surface area contributed by atoms with Crippen molar-refractivity contribution in [3.63, 3.8) is 0 Å². The molecular weight excluding hydrogens is 498 g/mol. The van der Waals surface area contributed by atoms with Crippen molar-refractivity contribution in [1.29, 1.82) is 0 Å². The summed E-state index contributed by atoms with van der Waals surface area (Å²) >= 11 is 0. The summed E-state index contributed by atoms with van der Waals surface area (Å²) in [6.45, 7) is 17.6. The molecular formula is C34H51N3O3. The number of rotatable bonds is 9. The smallest absolute Gasteiger partial charge is 0.253 e. The highest BCUT2D eigenvalue weighted by Gasteiger charge is 2.40. The second kappa shape index (κ2) is 11.3. The molecule has 2 aromatic rings. The van der Waals surface area contributed by atoms with Crippen LogP contribution in [0.5, 0.6) is 0 Å². The number of hydrogen-bond donors (Lipinski definition) is 3. The second-order valence-corrected chi connectivity index (χ2v) is 14.5. The van der Waals surface area contributed by atoms with E-state index in [0.717, 1.165) is 17.9 Å². The molecule has 0 bridgehead atoms. The molecule has 1 atom stereocenters. The summed E-state index contributed by atoms with van der Waals surface area (Å²) in [5.74, 6) is 0.0347. The summed E-state index contributed by atoms with van der Waals surface area (Å²) in [5.41, 5.74) is 6.29. The summed E-state index contributed by atoms with van der Waals surface area (Å²) < 4.78 is 2.39. The lowest BCUT2D eigenvalue weighted by molar-refractivity contribution is -0.130. The van der Waals surface area contributed by atoms with Crippen molar-refractivity contribution < 1.29 is 14.7 Å². The number of aromatic nitrogens is 1. The second-order valence-electron chi connectivity index (χ2n) is 14.5. The molecule has 1 aromatic carbocycles. The van der Waals surface area contributed by atoms with Gasteiger partial charge in [-0.2, -0.15) is 0 Å². The average Bonchev–Trinajstić information content (AvgIpc) is 3.56. The summed E-state index contributed by atoms with van der Waals surface area (Å²) in [5, 5.41) is 15.5. The Morgan fingerprint density at radius 3 is 2.27 bits per heavy atom. The lowest BCUT2D eigenvalue weighted by atomic mass is 9.82. The van der Waals surface area contributed by atoms with Crippen molar-refractivity contribution in [3.8, 4) is 11.3 Å². The number of amides is 2. The molecule has 4 rings (SSSR count). The predicted octanol–water partition coefficient (Wildman–Crippen LogP) is 6.40. The van der Waals surface area contributed by atoms with Crippen LogP contribution in [0.25, 0.3) is 11.3 Å². The highest BCUT2D eigenvalue weighted by Crippen LogP contribution is 2.49. The highest BCUT2D eigenvalue weighted by molar-refractivity contribution is 5.97. The standard InChI is InChI=1S/C34H51N3O3/c1-22-28(31(40)35-21-33(6,7)36-30(39)23(2)38)19-29(37(22)20-24-12-10-9-11-13-24)25-16-26(32(3,4)5)18-27(17-25)34(8)14-15-34/h16-19,23-24,38H,9-15,20-21H2,1-8H3,(H,35,40)(H,36,39). The highest BCUT2D eigenvalue weighted by atomic mass is 16.3. The third-order valence-corrected chi connectivity index (χ3v) is 9.10.